The van der Waals surface area contributed by atoms with Crippen LogP contribution in [0.15, 0.2) is 0 Å². The third-order valence-electron chi connectivity index (χ3n) is 5.75. The van der Waals surface area contributed by atoms with E-state index in [9.17, 15) is 0 Å². The lowest BCUT2D eigenvalue weighted by Crippen LogP contribution is -2.60. The molecular weight excluding hydrogens is 246 g/mol. The number of piperidine rings is 2. The molecule has 3 saturated heterocycles. The van der Waals surface area contributed by atoms with E-state index in [1.807, 2.05) is 0 Å². The van der Waals surface area contributed by atoms with E-state index in [4.69, 9.17) is 0 Å². The van der Waals surface area contributed by atoms with Crippen molar-refractivity contribution < 1.29 is 0 Å². The van der Waals surface area contributed by atoms with Crippen molar-refractivity contribution >= 4 is 0 Å². The summed E-state index contributed by atoms with van der Waals surface area (Å²) in [7, 11) is 0. The Morgan fingerprint density at radius 1 is 1.05 bits per heavy atom. The van der Waals surface area contributed by atoms with Crippen LogP contribution in [0.5, 0.6) is 0 Å². The predicted octanol–water partition coefficient (Wildman–Crippen LogP) is 2.47. The summed E-state index contributed by atoms with van der Waals surface area (Å²) in [5, 5.41) is 3.71. The molecule has 3 unspecified atom stereocenters. The highest BCUT2D eigenvalue weighted by Gasteiger charge is 2.40. The van der Waals surface area contributed by atoms with Crippen LogP contribution in [0, 0.1) is 0 Å². The topological polar surface area (TPSA) is 18.5 Å². The first-order valence-electron chi connectivity index (χ1n) is 9.01. The van der Waals surface area contributed by atoms with Crippen LogP contribution < -0.4 is 5.32 Å². The van der Waals surface area contributed by atoms with Crippen molar-refractivity contribution in [2.75, 3.05) is 26.2 Å². The lowest BCUT2D eigenvalue weighted by Gasteiger charge is -2.52. The zero-order valence-electron chi connectivity index (χ0n) is 13.5. The molecule has 0 amide bonds. The second kappa shape index (κ2) is 6.76. The van der Waals surface area contributed by atoms with E-state index < -0.39 is 0 Å². The van der Waals surface area contributed by atoms with Gasteiger partial charge < -0.3 is 10.2 Å². The van der Waals surface area contributed by atoms with Gasteiger partial charge in [-0.15, -0.1) is 0 Å². The normalized spacial score (nSPS) is 37.2. The van der Waals surface area contributed by atoms with E-state index in [2.05, 4.69) is 29.0 Å². The molecule has 20 heavy (non-hydrogen) atoms. The summed E-state index contributed by atoms with van der Waals surface area (Å²) in [6.07, 6.45) is 9.93. The van der Waals surface area contributed by atoms with Gasteiger partial charge in [-0.3, -0.25) is 4.90 Å². The van der Waals surface area contributed by atoms with Crippen LogP contribution in [0.3, 0.4) is 0 Å². The molecule has 3 aliphatic heterocycles. The van der Waals surface area contributed by atoms with Crippen molar-refractivity contribution in [2.24, 2.45) is 0 Å². The molecule has 2 bridgehead atoms. The average Bonchev–Trinajstić information content (AvgIpc) is 2.90. The van der Waals surface area contributed by atoms with Crippen molar-refractivity contribution in [3.8, 4) is 0 Å². The second-order valence-corrected chi connectivity index (χ2v) is 7.27. The summed E-state index contributed by atoms with van der Waals surface area (Å²) in [4.78, 5) is 5.60. The van der Waals surface area contributed by atoms with Gasteiger partial charge in [-0.1, -0.05) is 13.3 Å². The number of fused-ring (bicyclic) bond motifs is 2. The van der Waals surface area contributed by atoms with Gasteiger partial charge in [0.2, 0.25) is 0 Å². The van der Waals surface area contributed by atoms with Gasteiger partial charge in [0, 0.05) is 30.7 Å². The molecule has 3 nitrogen and oxygen atoms in total. The minimum Gasteiger partial charge on any atom is -0.314 e. The van der Waals surface area contributed by atoms with Crippen molar-refractivity contribution in [3.05, 3.63) is 0 Å². The van der Waals surface area contributed by atoms with Crippen LogP contribution in [0.25, 0.3) is 0 Å². The van der Waals surface area contributed by atoms with Crippen molar-refractivity contribution in [1.82, 2.24) is 15.1 Å². The van der Waals surface area contributed by atoms with Crippen LogP contribution in [0.4, 0.5) is 0 Å². The third kappa shape index (κ3) is 3.20. The van der Waals surface area contributed by atoms with E-state index in [0.29, 0.717) is 0 Å². The predicted molar refractivity (Wildman–Crippen MR) is 85.1 cm³/mol. The van der Waals surface area contributed by atoms with Crippen LogP contribution in [-0.4, -0.2) is 60.1 Å². The van der Waals surface area contributed by atoms with Crippen LogP contribution in [0.1, 0.15) is 58.8 Å². The molecule has 0 aromatic carbocycles. The van der Waals surface area contributed by atoms with E-state index in [-0.39, 0.29) is 0 Å². The largest absolute Gasteiger partial charge is 0.314 e. The molecule has 3 atom stereocenters. The molecule has 0 aromatic rings. The first kappa shape index (κ1) is 14.8. The fraction of sp³-hybridized carbons (Fsp3) is 1.00. The molecule has 0 aromatic heterocycles. The first-order chi connectivity index (χ1) is 9.78. The lowest BCUT2D eigenvalue weighted by atomic mass is 9.80. The Morgan fingerprint density at radius 2 is 1.70 bits per heavy atom. The number of nitrogens with zero attached hydrogens (tertiary/aromatic N) is 2. The molecule has 116 valence electrons. The lowest BCUT2D eigenvalue weighted by molar-refractivity contribution is -0.0135. The van der Waals surface area contributed by atoms with Crippen LogP contribution >= 0.6 is 0 Å². The Morgan fingerprint density at radius 3 is 2.30 bits per heavy atom. The van der Waals surface area contributed by atoms with Gasteiger partial charge in [-0.2, -0.15) is 0 Å². The van der Waals surface area contributed by atoms with Crippen LogP contribution in [0.2, 0.25) is 0 Å². The quantitative estimate of drug-likeness (QED) is 0.834. The Balaban J connectivity index is 1.60. The molecule has 3 heterocycles. The van der Waals surface area contributed by atoms with E-state index in [1.165, 1.54) is 64.6 Å². The average molecular weight is 279 g/mol. The zero-order chi connectivity index (χ0) is 13.9. The van der Waals surface area contributed by atoms with Gasteiger partial charge in [0.15, 0.2) is 0 Å². The number of hydrogen-bond donors (Lipinski definition) is 1. The smallest absolute Gasteiger partial charge is 0.0200 e. The third-order valence-corrected chi connectivity index (χ3v) is 5.75. The van der Waals surface area contributed by atoms with Crippen LogP contribution in [-0.2, 0) is 0 Å². The molecule has 3 fully saturated rings. The molecule has 3 rings (SSSR count). The molecule has 0 aliphatic carbocycles. The Bertz CT molecular complexity index is 287. The Labute approximate surface area is 125 Å². The highest BCUT2D eigenvalue weighted by atomic mass is 15.3. The summed E-state index contributed by atoms with van der Waals surface area (Å²) < 4.78 is 0. The first-order valence-corrected chi connectivity index (χ1v) is 9.01. The standard InChI is InChI=1S/C17H33N3/c1-3-18-15-11-16-7-6-8-17(12-15)20(16)14(2)13-19-9-4-5-10-19/h14-18H,3-13H2,1-2H3. The molecule has 0 saturated carbocycles. The van der Waals surface area contributed by atoms with Crippen molar-refractivity contribution in [1.29, 1.82) is 0 Å². The maximum absolute atomic E-state index is 3.71. The fourth-order valence-corrected chi connectivity index (χ4v) is 5.03. The van der Waals surface area contributed by atoms with Crippen molar-refractivity contribution in [3.63, 3.8) is 0 Å². The zero-order valence-corrected chi connectivity index (χ0v) is 13.5. The van der Waals surface area contributed by atoms with Gasteiger partial charge >= 0.3 is 0 Å². The minimum atomic E-state index is 0.756. The number of nitrogens with one attached hydrogen (secondary N) is 1. The molecule has 3 aliphatic rings. The monoisotopic (exact) mass is 279 g/mol. The summed E-state index contributed by atoms with van der Waals surface area (Å²) in [6, 6.07) is 3.24. The van der Waals surface area contributed by atoms with E-state index >= 15 is 0 Å². The number of rotatable bonds is 5. The maximum Gasteiger partial charge on any atom is 0.0200 e. The second-order valence-electron chi connectivity index (χ2n) is 7.27. The molecular formula is C17H33N3. The Hall–Kier alpha value is -0.120. The highest BCUT2D eigenvalue weighted by Crippen LogP contribution is 2.35. The Kier molecular flexibility index (Phi) is 5.00. The van der Waals surface area contributed by atoms with Gasteiger partial charge in [-0.05, 0) is 65.1 Å². The number of likely N-dealkylation sites (tertiary alicyclic amines) is 1. The van der Waals surface area contributed by atoms with Gasteiger partial charge in [0.05, 0.1) is 0 Å². The summed E-state index contributed by atoms with van der Waals surface area (Å²) in [5.41, 5.74) is 0. The van der Waals surface area contributed by atoms with Gasteiger partial charge in [0.1, 0.15) is 0 Å². The number of hydrogen-bond acceptors (Lipinski definition) is 3. The molecule has 1 N–H and O–H groups in total. The van der Waals surface area contributed by atoms with Gasteiger partial charge in [0.25, 0.3) is 0 Å². The fourth-order valence-electron chi connectivity index (χ4n) is 5.03. The SMILES string of the molecule is CCNC1CC2CCCC(C1)N2C(C)CN1CCCC1. The highest BCUT2D eigenvalue weighted by molar-refractivity contribution is 4.97. The van der Waals surface area contributed by atoms with Gasteiger partial charge in [-0.25, -0.2) is 0 Å². The molecule has 0 radical (unpaired) electrons. The summed E-state index contributed by atoms with van der Waals surface area (Å²) in [6.45, 7) is 9.85. The van der Waals surface area contributed by atoms with E-state index in [1.54, 1.807) is 0 Å². The maximum atomic E-state index is 3.71. The minimum absolute atomic E-state index is 0.756. The van der Waals surface area contributed by atoms with E-state index in [0.717, 1.165) is 30.7 Å². The molecule has 3 heteroatoms. The summed E-state index contributed by atoms with van der Waals surface area (Å²) >= 11 is 0. The summed E-state index contributed by atoms with van der Waals surface area (Å²) in [5.74, 6) is 0. The molecule has 0 spiro atoms. The van der Waals surface area contributed by atoms with Crippen molar-refractivity contribution in [2.45, 2.75) is 83.0 Å².